The fraction of sp³-hybridized carbons (Fsp3) is 0.800. The van der Waals surface area contributed by atoms with Gasteiger partial charge in [-0.1, -0.05) is 0 Å². The minimum absolute atomic E-state index is 0.0408. The van der Waals surface area contributed by atoms with Crippen LogP contribution in [-0.2, 0) is 11.2 Å². The molecule has 3 aliphatic rings. The summed E-state index contributed by atoms with van der Waals surface area (Å²) in [6.07, 6.45) is 7.67. The Bertz CT molecular complexity index is 560. The highest BCUT2D eigenvalue weighted by atomic mass is 16.3. The number of aliphatic hydroxyl groups is 1. The number of nitrogens with one attached hydrogen (secondary N) is 2. The minimum Gasteiger partial charge on any atom is -0.389 e. The maximum Gasteiger partial charge on any atom is 0.229 e. The lowest BCUT2D eigenvalue weighted by atomic mass is 9.68. The molecule has 3 N–H and O–H groups in total. The van der Waals surface area contributed by atoms with Gasteiger partial charge in [0.05, 0.1) is 22.9 Å². The van der Waals surface area contributed by atoms with E-state index in [4.69, 9.17) is 0 Å². The molecule has 1 aromatic rings. The Morgan fingerprint density at radius 1 is 1.29 bits per heavy atom. The number of amides is 1. The Labute approximate surface area is 123 Å². The summed E-state index contributed by atoms with van der Waals surface area (Å²) in [7, 11) is 0. The third-order valence-corrected chi connectivity index (χ3v) is 5.83. The van der Waals surface area contributed by atoms with Crippen molar-refractivity contribution in [2.75, 3.05) is 6.54 Å². The second-order valence-electron chi connectivity index (χ2n) is 6.98. The zero-order valence-corrected chi connectivity index (χ0v) is 12.2. The molecular formula is C15H22N4O2. The number of H-pyrrole nitrogens is 1. The number of hydrogen-bond donors (Lipinski definition) is 3. The second kappa shape index (κ2) is 4.53. The summed E-state index contributed by atoms with van der Waals surface area (Å²) < 4.78 is 0. The Morgan fingerprint density at radius 3 is 2.76 bits per heavy atom. The van der Waals surface area contributed by atoms with Gasteiger partial charge >= 0.3 is 0 Å². The topological polar surface area (TPSA) is 90.9 Å². The molecule has 0 aromatic carbocycles. The molecule has 2 fully saturated rings. The smallest absolute Gasteiger partial charge is 0.229 e. The van der Waals surface area contributed by atoms with Gasteiger partial charge in [-0.2, -0.15) is 15.4 Å². The lowest BCUT2D eigenvalue weighted by Crippen LogP contribution is -2.51. The monoisotopic (exact) mass is 290 g/mol. The Kier molecular flexibility index (Phi) is 2.86. The Hall–Kier alpha value is -1.43. The van der Waals surface area contributed by atoms with Gasteiger partial charge in [0, 0.05) is 12.0 Å². The van der Waals surface area contributed by atoms with Crippen LogP contribution in [0.3, 0.4) is 0 Å². The molecule has 1 heterocycles. The number of hydrogen-bond acceptors (Lipinski definition) is 4. The maximum absolute atomic E-state index is 12.5. The van der Waals surface area contributed by atoms with Crippen molar-refractivity contribution in [3.8, 4) is 0 Å². The minimum atomic E-state index is -0.522. The van der Waals surface area contributed by atoms with Crippen LogP contribution in [-0.4, -0.2) is 38.6 Å². The maximum atomic E-state index is 12.5. The van der Waals surface area contributed by atoms with E-state index in [-0.39, 0.29) is 17.2 Å². The predicted molar refractivity (Wildman–Crippen MR) is 75.5 cm³/mol. The van der Waals surface area contributed by atoms with Crippen LogP contribution >= 0.6 is 0 Å². The van der Waals surface area contributed by atoms with Gasteiger partial charge in [0.1, 0.15) is 0 Å². The lowest BCUT2D eigenvalue weighted by molar-refractivity contribution is -0.126. The van der Waals surface area contributed by atoms with Crippen LogP contribution in [0.4, 0.5) is 0 Å². The van der Waals surface area contributed by atoms with E-state index in [0.717, 1.165) is 62.8 Å². The molecule has 0 bridgehead atoms. The van der Waals surface area contributed by atoms with Crippen molar-refractivity contribution in [3.05, 3.63) is 11.4 Å². The van der Waals surface area contributed by atoms with Crippen molar-refractivity contribution in [3.63, 3.8) is 0 Å². The molecule has 0 spiro atoms. The van der Waals surface area contributed by atoms with E-state index in [1.165, 1.54) is 0 Å². The van der Waals surface area contributed by atoms with E-state index in [9.17, 15) is 9.90 Å². The van der Waals surface area contributed by atoms with Crippen molar-refractivity contribution >= 4 is 5.91 Å². The van der Waals surface area contributed by atoms with Gasteiger partial charge in [-0.05, 0) is 51.4 Å². The molecule has 6 nitrogen and oxygen atoms in total. The second-order valence-corrected chi connectivity index (χ2v) is 6.98. The van der Waals surface area contributed by atoms with Crippen LogP contribution in [0.15, 0.2) is 0 Å². The zero-order valence-electron chi connectivity index (χ0n) is 12.2. The van der Waals surface area contributed by atoms with Crippen LogP contribution in [0.2, 0.25) is 0 Å². The molecule has 1 atom stereocenters. The Balaban J connectivity index is 1.41. The van der Waals surface area contributed by atoms with Crippen molar-refractivity contribution in [1.29, 1.82) is 0 Å². The van der Waals surface area contributed by atoms with Crippen LogP contribution in [0, 0.1) is 5.41 Å². The van der Waals surface area contributed by atoms with Gasteiger partial charge in [-0.3, -0.25) is 4.79 Å². The van der Waals surface area contributed by atoms with E-state index in [1.807, 2.05) is 0 Å². The van der Waals surface area contributed by atoms with Crippen molar-refractivity contribution in [1.82, 2.24) is 20.7 Å². The van der Waals surface area contributed by atoms with Crippen LogP contribution in [0.1, 0.15) is 62.3 Å². The average Bonchev–Trinajstić information content (AvgIpc) is 3.10. The highest BCUT2D eigenvalue weighted by molar-refractivity contribution is 5.83. The molecule has 1 amide bonds. The standard InChI is InChI=1S/C15H22N4O2/c20-13(10-3-1-4-11-12(10)18-19-17-11)16-9-14(7-8-14)15(21)5-2-6-15/h10,21H,1-9H2,(H,16,20)(H,17,18,19). The van der Waals surface area contributed by atoms with E-state index in [2.05, 4.69) is 20.7 Å². The number of fused-ring (bicyclic) bond motifs is 1. The van der Waals surface area contributed by atoms with Crippen molar-refractivity contribution in [2.24, 2.45) is 5.41 Å². The van der Waals surface area contributed by atoms with E-state index >= 15 is 0 Å². The highest BCUT2D eigenvalue weighted by Crippen LogP contribution is 2.60. The largest absolute Gasteiger partial charge is 0.389 e. The summed E-state index contributed by atoms with van der Waals surface area (Å²) >= 11 is 0. The summed E-state index contributed by atoms with van der Waals surface area (Å²) in [5.74, 6) is -0.140. The molecule has 114 valence electrons. The zero-order chi connectivity index (χ0) is 14.5. The average molecular weight is 290 g/mol. The first-order valence-electron chi connectivity index (χ1n) is 8.03. The van der Waals surface area contributed by atoms with Gasteiger partial charge in [0.25, 0.3) is 0 Å². The quantitative estimate of drug-likeness (QED) is 0.772. The van der Waals surface area contributed by atoms with Crippen molar-refractivity contribution < 1.29 is 9.90 Å². The van der Waals surface area contributed by atoms with Crippen LogP contribution in [0.5, 0.6) is 0 Å². The van der Waals surface area contributed by atoms with Crippen LogP contribution in [0.25, 0.3) is 0 Å². The van der Waals surface area contributed by atoms with E-state index in [0.29, 0.717) is 6.54 Å². The summed E-state index contributed by atoms with van der Waals surface area (Å²) in [5.41, 5.74) is 1.17. The highest BCUT2D eigenvalue weighted by Gasteiger charge is 2.60. The van der Waals surface area contributed by atoms with Crippen LogP contribution < -0.4 is 5.32 Å². The first-order chi connectivity index (χ1) is 10.1. The number of rotatable bonds is 4. The fourth-order valence-electron chi connectivity index (χ4n) is 3.97. The summed E-state index contributed by atoms with van der Waals surface area (Å²) in [4.78, 5) is 12.5. The van der Waals surface area contributed by atoms with Gasteiger partial charge in [-0.15, -0.1) is 0 Å². The molecule has 1 unspecified atom stereocenters. The van der Waals surface area contributed by atoms with Gasteiger partial charge in [-0.25, -0.2) is 0 Å². The summed E-state index contributed by atoms with van der Waals surface area (Å²) in [6.45, 7) is 0.603. The van der Waals surface area contributed by atoms with Gasteiger partial charge in [0.2, 0.25) is 5.91 Å². The van der Waals surface area contributed by atoms with Crippen molar-refractivity contribution in [2.45, 2.75) is 62.9 Å². The molecular weight excluding hydrogens is 268 g/mol. The first kappa shape index (κ1) is 13.2. The number of carbonyl (C=O) groups is 1. The molecule has 6 heteroatoms. The molecule has 0 radical (unpaired) electrons. The fourth-order valence-corrected chi connectivity index (χ4v) is 3.97. The Morgan fingerprint density at radius 2 is 2.10 bits per heavy atom. The van der Waals surface area contributed by atoms with E-state index in [1.54, 1.807) is 0 Å². The molecule has 0 saturated heterocycles. The number of aromatic nitrogens is 3. The summed E-state index contributed by atoms with van der Waals surface area (Å²) in [6, 6.07) is 0. The molecule has 4 rings (SSSR count). The lowest BCUT2D eigenvalue weighted by Gasteiger charge is -2.44. The van der Waals surface area contributed by atoms with E-state index < -0.39 is 5.60 Å². The molecule has 2 saturated carbocycles. The third-order valence-electron chi connectivity index (χ3n) is 5.83. The number of aryl methyl sites for hydroxylation is 1. The van der Waals surface area contributed by atoms with Gasteiger partial charge in [0.15, 0.2) is 0 Å². The number of aromatic amines is 1. The first-order valence-corrected chi connectivity index (χ1v) is 8.03. The molecule has 0 aliphatic heterocycles. The molecule has 3 aliphatic carbocycles. The number of nitrogens with zero attached hydrogens (tertiary/aromatic N) is 2. The molecule has 1 aromatic heterocycles. The summed E-state index contributed by atoms with van der Waals surface area (Å²) in [5, 5.41) is 24.5. The normalized spacial score (nSPS) is 28.3. The SMILES string of the molecule is O=C(NCC1(C2(O)CCC2)CC1)C1CCCc2n[nH]nc21. The predicted octanol–water partition coefficient (Wildman–Crippen LogP) is 1.04. The molecule has 21 heavy (non-hydrogen) atoms. The third kappa shape index (κ3) is 1.99. The van der Waals surface area contributed by atoms with Gasteiger partial charge < -0.3 is 10.4 Å². The number of carbonyl (C=O) groups excluding carboxylic acids is 1.